The Morgan fingerprint density at radius 2 is 1.79 bits per heavy atom. The molecule has 0 heterocycles. The van der Waals surface area contributed by atoms with E-state index in [1.165, 1.54) is 18.2 Å². The van der Waals surface area contributed by atoms with Crippen molar-refractivity contribution in [1.29, 1.82) is 5.26 Å². The third-order valence-electron chi connectivity index (χ3n) is 4.85. The quantitative estimate of drug-likeness (QED) is 0.329. The Bertz CT molecular complexity index is 1180. The number of aryl methyl sites for hydroxylation is 1. The average Bonchev–Trinajstić information content (AvgIpc) is 2.82. The van der Waals surface area contributed by atoms with E-state index in [0.29, 0.717) is 34.9 Å². The number of amides is 1. The van der Waals surface area contributed by atoms with Gasteiger partial charge in [0.25, 0.3) is 5.91 Å². The van der Waals surface area contributed by atoms with Gasteiger partial charge in [-0.25, -0.2) is 4.39 Å². The fourth-order valence-electron chi connectivity index (χ4n) is 3.13. The van der Waals surface area contributed by atoms with E-state index in [2.05, 4.69) is 12.2 Å². The first-order valence-corrected chi connectivity index (χ1v) is 10.7. The summed E-state index contributed by atoms with van der Waals surface area (Å²) in [5, 5.41) is 12.3. The SMILES string of the molecule is CCOc1cc(/C=C(/C#N)C(=O)Nc2ccc(CC)cc2)ccc1OCc1cccc(F)c1. The van der Waals surface area contributed by atoms with Gasteiger partial charge in [0.1, 0.15) is 24.1 Å². The molecule has 0 aliphatic carbocycles. The zero-order chi connectivity index (χ0) is 23.6. The summed E-state index contributed by atoms with van der Waals surface area (Å²) < 4.78 is 24.9. The second kappa shape index (κ2) is 11.5. The zero-order valence-corrected chi connectivity index (χ0v) is 18.6. The molecule has 0 unspecified atom stereocenters. The number of hydrogen-bond donors (Lipinski definition) is 1. The lowest BCUT2D eigenvalue weighted by molar-refractivity contribution is -0.112. The molecule has 0 aliphatic heterocycles. The Hall–Kier alpha value is -4.11. The number of halogens is 1. The molecular formula is C27H25FN2O3. The van der Waals surface area contributed by atoms with Crippen molar-refractivity contribution < 1.29 is 18.7 Å². The van der Waals surface area contributed by atoms with E-state index in [0.717, 1.165) is 12.0 Å². The normalized spacial score (nSPS) is 10.9. The topological polar surface area (TPSA) is 71.3 Å². The van der Waals surface area contributed by atoms with E-state index in [4.69, 9.17) is 9.47 Å². The maximum absolute atomic E-state index is 13.4. The van der Waals surface area contributed by atoms with Gasteiger partial charge < -0.3 is 14.8 Å². The Kier molecular flexibility index (Phi) is 8.20. The maximum atomic E-state index is 13.4. The van der Waals surface area contributed by atoms with Crippen LogP contribution in [-0.2, 0) is 17.8 Å². The molecule has 5 nitrogen and oxygen atoms in total. The van der Waals surface area contributed by atoms with Gasteiger partial charge in [-0.3, -0.25) is 4.79 Å². The van der Waals surface area contributed by atoms with Crippen LogP contribution in [0.4, 0.5) is 10.1 Å². The predicted molar refractivity (Wildman–Crippen MR) is 126 cm³/mol. The summed E-state index contributed by atoms with van der Waals surface area (Å²) in [6.45, 7) is 4.48. The average molecular weight is 445 g/mol. The van der Waals surface area contributed by atoms with Crippen LogP contribution in [0.25, 0.3) is 6.08 Å². The lowest BCUT2D eigenvalue weighted by atomic mass is 10.1. The minimum atomic E-state index is -0.494. The molecule has 3 aromatic carbocycles. The summed E-state index contributed by atoms with van der Waals surface area (Å²) in [6.07, 6.45) is 2.40. The number of nitrogens with one attached hydrogen (secondary N) is 1. The summed E-state index contributed by atoms with van der Waals surface area (Å²) in [7, 11) is 0. The molecule has 0 aromatic heterocycles. The second-order valence-electron chi connectivity index (χ2n) is 7.23. The molecule has 1 N–H and O–H groups in total. The van der Waals surface area contributed by atoms with Crippen molar-refractivity contribution in [2.75, 3.05) is 11.9 Å². The molecule has 0 bridgehead atoms. The summed E-state index contributed by atoms with van der Waals surface area (Å²) in [5.41, 5.74) is 3.05. The first-order chi connectivity index (χ1) is 16.0. The van der Waals surface area contributed by atoms with Crippen LogP contribution in [0.1, 0.15) is 30.5 Å². The van der Waals surface area contributed by atoms with Crippen molar-refractivity contribution in [2.24, 2.45) is 0 Å². The first-order valence-electron chi connectivity index (χ1n) is 10.7. The van der Waals surface area contributed by atoms with Gasteiger partial charge in [-0.05, 0) is 72.5 Å². The Labute approximate surface area is 193 Å². The van der Waals surface area contributed by atoms with Crippen molar-refractivity contribution in [2.45, 2.75) is 26.9 Å². The molecule has 3 rings (SSSR count). The van der Waals surface area contributed by atoms with Crippen molar-refractivity contribution >= 4 is 17.7 Å². The van der Waals surface area contributed by atoms with Gasteiger partial charge >= 0.3 is 0 Å². The van der Waals surface area contributed by atoms with Crippen LogP contribution in [0.15, 0.2) is 72.3 Å². The van der Waals surface area contributed by atoms with Crippen LogP contribution in [0.2, 0.25) is 0 Å². The van der Waals surface area contributed by atoms with Crippen LogP contribution in [0.3, 0.4) is 0 Å². The van der Waals surface area contributed by atoms with Gasteiger partial charge in [0.2, 0.25) is 0 Å². The number of ether oxygens (including phenoxy) is 2. The molecule has 168 valence electrons. The summed E-state index contributed by atoms with van der Waals surface area (Å²) in [4.78, 5) is 12.6. The summed E-state index contributed by atoms with van der Waals surface area (Å²) in [6, 6.07) is 20.7. The van der Waals surface area contributed by atoms with Crippen molar-refractivity contribution in [3.8, 4) is 17.6 Å². The lowest BCUT2D eigenvalue weighted by Crippen LogP contribution is -2.13. The number of nitriles is 1. The fourth-order valence-corrected chi connectivity index (χ4v) is 3.13. The monoisotopic (exact) mass is 444 g/mol. The molecule has 0 atom stereocenters. The number of rotatable bonds is 9. The minimum Gasteiger partial charge on any atom is -0.490 e. The van der Waals surface area contributed by atoms with Crippen molar-refractivity contribution in [3.63, 3.8) is 0 Å². The smallest absolute Gasteiger partial charge is 0.266 e. The van der Waals surface area contributed by atoms with Gasteiger partial charge in [0.15, 0.2) is 11.5 Å². The highest BCUT2D eigenvalue weighted by Gasteiger charge is 2.12. The van der Waals surface area contributed by atoms with Gasteiger partial charge in [0, 0.05) is 5.69 Å². The number of carbonyl (C=O) groups is 1. The molecule has 3 aromatic rings. The highest BCUT2D eigenvalue weighted by atomic mass is 19.1. The standard InChI is InChI=1S/C27H25FN2O3/c1-3-19-8-11-24(12-9-19)30-27(31)22(17-29)14-20-10-13-25(26(16-20)32-4-2)33-18-21-6-5-7-23(28)15-21/h5-16H,3-4,18H2,1-2H3,(H,30,31)/b22-14-. The van der Waals surface area contributed by atoms with Crippen LogP contribution in [0.5, 0.6) is 11.5 Å². The van der Waals surface area contributed by atoms with Gasteiger partial charge in [-0.2, -0.15) is 5.26 Å². The van der Waals surface area contributed by atoms with E-state index in [1.54, 1.807) is 30.3 Å². The van der Waals surface area contributed by atoms with Crippen LogP contribution in [-0.4, -0.2) is 12.5 Å². The first kappa shape index (κ1) is 23.6. The number of carbonyl (C=O) groups excluding carboxylic acids is 1. The molecular weight excluding hydrogens is 419 g/mol. The van der Waals surface area contributed by atoms with E-state index in [1.807, 2.05) is 37.3 Å². The van der Waals surface area contributed by atoms with E-state index < -0.39 is 5.91 Å². The third-order valence-corrected chi connectivity index (χ3v) is 4.85. The lowest BCUT2D eigenvalue weighted by Gasteiger charge is -2.13. The molecule has 0 saturated heterocycles. The van der Waals surface area contributed by atoms with Crippen molar-refractivity contribution in [1.82, 2.24) is 0 Å². The molecule has 0 radical (unpaired) electrons. The van der Waals surface area contributed by atoms with Gasteiger partial charge in [-0.1, -0.05) is 37.3 Å². The Morgan fingerprint density at radius 3 is 2.45 bits per heavy atom. The number of hydrogen-bond acceptors (Lipinski definition) is 4. The van der Waals surface area contributed by atoms with Gasteiger partial charge in [-0.15, -0.1) is 0 Å². The number of benzene rings is 3. The van der Waals surface area contributed by atoms with E-state index >= 15 is 0 Å². The molecule has 0 spiro atoms. The Morgan fingerprint density at radius 1 is 1.00 bits per heavy atom. The van der Waals surface area contributed by atoms with Crippen LogP contribution >= 0.6 is 0 Å². The zero-order valence-electron chi connectivity index (χ0n) is 18.6. The number of nitrogens with zero attached hydrogens (tertiary/aromatic N) is 1. The fraction of sp³-hybridized carbons (Fsp3) is 0.185. The predicted octanol–water partition coefficient (Wildman–Crippen LogP) is 5.91. The van der Waals surface area contributed by atoms with E-state index in [-0.39, 0.29) is 18.0 Å². The second-order valence-corrected chi connectivity index (χ2v) is 7.23. The molecule has 33 heavy (non-hydrogen) atoms. The molecule has 1 amide bonds. The highest BCUT2D eigenvalue weighted by molar-refractivity contribution is 6.09. The minimum absolute atomic E-state index is 0.0366. The molecule has 0 fully saturated rings. The highest BCUT2D eigenvalue weighted by Crippen LogP contribution is 2.30. The summed E-state index contributed by atoms with van der Waals surface area (Å²) in [5.74, 6) is 0.129. The number of anilines is 1. The van der Waals surface area contributed by atoms with Crippen LogP contribution < -0.4 is 14.8 Å². The molecule has 6 heteroatoms. The van der Waals surface area contributed by atoms with E-state index in [9.17, 15) is 14.4 Å². The third kappa shape index (κ3) is 6.68. The Balaban J connectivity index is 1.76. The summed E-state index contributed by atoms with van der Waals surface area (Å²) >= 11 is 0. The maximum Gasteiger partial charge on any atom is 0.266 e. The van der Waals surface area contributed by atoms with Crippen LogP contribution in [0, 0.1) is 17.1 Å². The molecule has 0 aliphatic rings. The van der Waals surface area contributed by atoms with Crippen molar-refractivity contribution in [3.05, 3.63) is 94.8 Å². The molecule has 0 saturated carbocycles. The van der Waals surface area contributed by atoms with Gasteiger partial charge in [0.05, 0.1) is 6.61 Å². The largest absolute Gasteiger partial charge is 0.490 e.